The number of fused-ring (bicyclic) bond motifs is 1. The predicted molar refractivity (Wildman–Crippen MR) is 113 cm³/mol. The molecule has 152 valence electrons. The third kappa shape index (κ3) is 4.73. The Hall–Kier alpha value is -2.53. The lowest BCUT2D eigenvalue weighted by Gasteiger charge is -2.29. The zero-order valence-electron chi connectivity index (χ0n) is 16.3. The molecular weight excluding hydrogens is 388 g/mol. The average molecular weight is 413 g/mol. The molecule has 1 aliphatic heterocycles. The zero-order valence-corrected chi connectivity index (χ0v) is 17.1. The third-order valence-corrected chi connectivity index (χ3v) is 6.09. The van der Waals surface area contributed by atoms with Crippen LogP contribution in [-0.2, 0) is 22.6 Å². The van der Waals surface area contributed by atoms with Gasteiger partial charge in [-0.15, -0.1) is 0 Å². The first-order valence-corrected chi connectivity index (χ1v) is 10.6. The molecule has 0 radical (unpaired) electrons. The summed E-state index contributed by atoms with van der Waals surface area (Å²) < 4.78 is 5.83. The summed E-state index contributed by atoms with van der Waals surface area (Å²) >= 11 is 6.33. The number of rotatable bonds is 6. The summed E-state index contributed by atoms with van der Waals surface area (Å²) in [5.74, 6) is 0.660. The molecule has 0 atom stereocenters. The highest BCUT2D eigenvalue weighted by Crippen LogP contribution is 2.29. The molecule has 2 aromatic carbocycles. The Morgan fingerprint density at radius 1 is 1.14 bits per heavy atom. The highest BCUT2D eigenvalue weighted by molar-refractivity contribution is 6.31. The average Bonchev–Trinajstić information content (AvgIpc) is 3.26. The molecule has 0 bridgehead atoms. The highest BCUT2D eigenvalue weighted by Gasteiger charge is 2.27. The van der Waals surface area contributed by atoms with Crippen LogP contribution in [0.3, 0.4) is 0 Å². The van der Waals surface area contributed by atoms with Crippen molar-refractivity contribution in [2.75, 3.05) is 11.9 Å². The Kier molecular flexibility index (Phi) is 6.05. The van der Waals surface area contributed by atoms with Crippen molar-refractivity contribution >= 4 is 29.1 Å². The quantitative estimate of drug-likeness (QED) is 0.755. The lowest BCUT2D eigenvalue weighted by Crippen LogP contribution is -2.41. The monoisotopic (exact) mass is 412 g/mol. The molecule has 0 saturated heterocycles. The summed E-state index contributed by atoms with van der Waals surface area (Å²) in [6.45, 7) is 0.495. The number of nitrogens with zero attached hydrogens (tertiary/aromatic N) is 1. The molecule has 2 aromatic rings. The smallest absolute Gasteiger partial charge is 0.261 e. The van der Waals surface area contributed by atoms with E-state index in [0.717, 1.165) is 42.5 Å². The standard InChI is InChI=1S/C23H25ClN2O3/c24-20-8-4-1-5-17(20)14-26(18-6-2-3-7-18)23(28)15-29-19-10-11-21-16(13-19)9-12-22(27)25-21/h1,4-5,8,10-11,13,18H,2-3,6-7,9,12,14-15H2,(H,25,27). The van der Waals surface area contributed by atoms with E-state index in [2.05, 4.69) is 5.32 Å². The van der Waals surface area contributed by atoms with Gasteiger partial charge in [-0.05, 0) is 54.7 Å². The summed E-state index contributed by atoms with van der Waals surface area (Å²) in [6.07, 6.45) is 5.50. The minimum Gasteiger partial charge on any atom is -0.484 e. The number of carbonyl (C=O) groups excluding carboxylic acids is 2. The molecule has 1 aliphatic carbocycles. The van der Waals surface area contributed by atoms with Crippen LogP contribution in [0.4, 0.5) is 5.69 Å². The Labute approximate surface area is 176 Å². The number of hydrogen-bond donors (Lipinski definition) is 1. The molecule has 2 aliphatic rings. The van der Waals surface area contributed by atoms with Gasteiger partial charge in [-0.1, -0.05) is 42.6 Å². The number of carbonyl (C=O) groups is 2. The number of nitrogens with one attached hydrogen (secondary N) is 1. The Balaban J connectivity index is 1.44. The van der Waals surface area contributed by atoms with Crippen LogP contribution in [-0.4, -0.2) is 29.4 Å². The molecule has 4 rings (SSSR count). The third-order valence-electron chi connectivity index (χ3n) is 5.72. The number of anilines is 1. The van der Waals surface area contributed by atoms with E-state index in [9.17, 15) is 9.59 Å². The Bertz CT molecular complexity index is 909. The molecule has 5 nitrogen and oxygen atoms in total. The SMILES string of the molecule is O=C1CCc2cc(OCC(=O)N(Cc3ccccc3Cl)C3CCCC3)ccc2N1. The van der Waals surface area contributed by atoms with E-state index in [1.54, 1.807) is 6.07 Å². The van der Waals surface area contributed by atoms with Gasteiger partial charge >= 0.3 is 0 Å². The van der Waals surface area contributed by atoms with Crippen molar-refractivity contribution in [1.29, 1.82) is 0 Å². The van der Waals surface area contributed by atoms with Gasteiger partial charge in [-0.2, -0.15) is 0 Å². The molecule has 2 amide bonds. The fraction of sp³-hybridized carbons (Fsp3) is 0.391. The van der Waals surface area contributed by atoms with E-state index in [1.165, 1.54) is 0 Å². The van der Waals surface area contributed by atoms with Crippen LogP contribution >= 0.6 is 11.6 Å². The van der Waals surface area contributed by atoms with Crippen molar-refractivity contribution in [3.05, 3.63) is 58.6 Å². The number of hydrogen-bond acceptors (Lipinski definition) is 3. The second kappa shape index (κ2) is 8.87. The first-order valence-electron chi connectivity index (χ1n) is 10.2. The van der Waals surface area contributed by atoms with E-state index in [0.29, 0.717) is 30.2 Å². The van der Waals surface area contributed by atoms with E-state index >= 15 is 0 Å². The predicted octanol–water partition coefficient (Wildman–Crippen LogP) is 4.57. The summed E-state index contributed by atoms with van der Waals surface area (Å²) in [4.78, 5) is 26.5. The summed E-state index contributed by atoms with van der Waals surface area (Å²) in [5.41, 5.74) is 2.82. The van der Waals surface area contributed by atoms with Gasteiger partial charge in [-0.3, -0.25) is 9.59 Å². The molecule has 0 unspecified atom stereocenters. The summed E-state index contributed by atoms with van der Waals surface area (Å²) in [7, 11) is 0. The maximum absolute atomic E-state index is 13.1. The molecule has 6 heteroatoms. The molecule has 0 spiro atoms. The van der Waals surface area contributed by atoms with E-state index in [-0.39, 0.29) is 24.5 Å². The maximum Gasteiger partial charge on any atom is 0.261 e. The minimum atomic E-state index is -0.0251. The Morgan fingerprint density at radius 3 is 2.72 bits per heavy atom. The van der Waals surface area contributed by atoms with Gasteiger partial charge in [0.05, 0.1) is 0 Å². The minimum absolute atomic E-state index is 0.00784. The van der Waals surface area contributed by atoms with Crippen molar-refractivity contribution in [3.8, 4) is 5.75 Å². The topological polar surface area (TPSA) is 58.6 Å². The van der Waals surface area contributed by atoms with Crippen molar-refractivity contribution in [1.82, 2.24) is 4.90 Å². The van der Waals surface area contributed by atoms with Gasteiger partial charge in [0.15, 0.2) is 6.61 Å². The van der Waals surface area contributed by atoms with Crippen molar-refractivity contribution in [3.63, 3.8) is 0 Å². The molecule has 29 heavy (non-hydrogen) atoms. The zero-order chi connectivity index (χ0) is 20.2. The van der Waals surface area contributed by atoms with Crippen LogP contribution in [0, 0.1) is 0 Å². The number of aryl methyl sites for hydroxylation is 1. The lowest BCUT2D eigenvalue weighted by molar-refractivity contribution is -0.136. The first-order chi connectivity index (χ1) is 14.1. The van der Waals surface area contributed by atoms with Crippen LogP contribution < -0.4 is 10.1 Å². The van der Waals surface area contributed by atoms with E-state index < -0.39 is 0 Å². The van der Waals surface area contributed by atoms with Gasteiger partial charge in [0, 0.05) is 29.7 Å². The van der Waals surface area contributed by atoms with Crippen LogP contribution in [0.5, 0.6) is 5.75 Å². The largest absolute Gasteiger partial charge is 0.484 e. The van der Waals surface area contributed by atoms with Crippen LogP contribution in [0.1, 0.15) is 43.2 Å². The number of ether oxygens (including phenoxy) is 1. The molecule has 1 N–H and O–H groups in total. The molecule has 1 heterocycles. The van der Waals surface area contributed by atoms with E-state index in [1.807, 2.05) is 41.3 Å². The number of halogens is 1. The van der Waals surface area contributed by atoms with Gasteiger partial charge < -0.3 is 15.0 Å². The van der Waals surface area contributed by atoms with Crippen molar-refractivity contribution in [2.24, 2.45) is 0 Å². The van der Waals surface area contributed by atoms with Crippen LogP contribution in [0.25, 0.3) is 0 Å². The van der Waals surface area contributed by atoms with Crippen LogP contribution in [0.15, 0.2) is 42.5 Å². The van der Waals surface area contributed by atoms with Gasteiger partial charge in [0.2, 0.25) is 5.91 Å². The van der Waals surface area contributed by atoms with Gasteiger partial charge in [0.1, 0.15) is 5.75 Å². The maximum atomic E-state index is 13.1. The molecule has 1 saturated carbocycles. The second-order valence-corrected chi connectivity index (χ2v) is 8.11. The van der Waals surface area contributed by atoms with Gasteiger partial charge in [0.25, 0.3) is 5.91 Å². The normalized spacial score (nSPS) is 16.2. The van der Waals surface area contributed by atoms with Crippen molar-refractivity contribution in [2.45, 2.75) is 51.1 Å². The summed E-state index contributed by atoms with van der Waals surface area (Å²) in [5, 5.41) is 3.54. The molecular formula is C23H25ClN2O3. The highest BCUT2D eigenvalue weighted by atomic mass is 35.5. The second-order valence-electron chi connectivity index (χ2n) is 7.71. The fourth-order valence-electron chi connectivity index (χ4n) is 4.12. The van der Waals surface area contributed by atoms with Gasteiger partial charge in [-0.25, -0.2) is 0 Å². The fourth-order valence-corrected chi connectivity index (χ4v) is 4.32. The lowest BCUT2D eigenvalue weighted by atomic mass is 10.0. The number of amides is 2. The van der Waals surface area contributed by atoms with E-state index in [4.69, 9.17) is 16.3 Å². The summed E-state index contributed by atoms with van der Waals surface area (Å²) in [6, 6.07) is 13.5. The van der Waals surface area contributed by atoms with Crippen molar-refractivity contribution < 1.29 is 14.3 Å². The molecule has 0 aromatic heterocycles. The molecule has 1 fully saturated rings. The van der Waals surface area contributed by atoms with Crippen LogP contribution in [0.2, 0.25) is 5.02 Å². The number of benzene rings is 2. The first kappa shape index (κ1) is 19.8. The Morgan fingerprint density at radius 2 is 1.93 bits per heavy atom.